The fourth-order valence-electron chi connectivity index (χ4n) is 3.37. The Hall–Kier alpha value is -3.47. The van der Waals surface area contributed by atoms with Crippen molar-refractivity contribution in [3.8, 4) is 33.6 Å². The van der Waals surface area contributed by atoms with E-state index in [0.717, 1.165) is 18.4 Å². The highest BCUT2D eigenvalue weighted by Gasteiger charge is 2.12. The Labute approximate surface area is 173 Å². The van der Waals surface area contributed by atoms with Crippen LogP contribution in [0.25, 0.3) is 33.6 Å². The minimum absolute atomic E-state index is 0.326. The molecule has 0 amide bonds. The molecule has 0 N–H and O–H groups in total. The Kier molecular flexibility index (Phi) is 5.61. The van der Waals surface area contributed by atoms with E-state index in [1.165, 1.54) is 36.7 Å². The zero-order valence-corrected chi connectivity index (χ0v) is 16.4. The van der Waals surface area contributed by atoms with Gasteiger partial charge in [0, 0.05) is 34.6 Å². The fraction of sp³-hybridized carbons (Fsp3) is 0.120. The van der Waals surface area contributed by atoms with Crippen LogP contribution in [-0.4, -0.2) is 9.97 Å². The summed E-state index contributed by atoms with van der Waals surface area (Å²) in [5.74, 6) is -0.762. The van der Waals surface area contributed by atoms with Crippen LogP contribution in [0.2, 0.25) is 0 Å². The normalized spacial score (nSPS) is 10.9. The average Bonchev–Trinajstić information content (AvgIpc) is 2.75. The van der Waals surface area contributed by atoms with E-state index in [2.05, 4.69) is 9.97 Å². The van der Waals surface area contributed by atoms with E-state index in [1.54, 1.807) is 30.3 Å². The Bertz CT molecular complexity index is 1170. The highest BCUT2D eigenvalue weighted by molar-refractivity contribution is 5.71. The number of benzene rings is 3. The van der Waals surface area contributed by atoms with Crippen molar-refractivity contribution in [2.75, 3.05) is 0 Å². The van der Waals surface area contributed by atoms with Crippen LogP contribution in [0.5, 0.6) is 0 Å². The molecule has 0 aliphatic carbocycles. The molecule has 0 aliphatic heterocycles. The van der Waals surface area contributed by atoms with E-state index < -0.39 is 5.82 Å². The molecule has 0 saturated carbocycles. The Morgan fingerprint density at radius 2 is 1.27 bits per heavy atom. The summed E-state index contributed by atoms with van der Waals surface area (Å²) in [5.41, 5.74) is 3.26. The quantitative estimate of drug-likeness (QED) is 0.364. The third-order valence-corrected chi connectivity index (χ3v) is 4.92. The lowest BCUT2D eigenvalue weighted by atomic mass is 9.98. The van der Waals surface area contributed by atoms with E-state index in [1.807, 2.05) is 13.0 Å². The van der Waals surface area contributed by atoms with E-state index in [9.17, 15) is 13.2 Å². The molecule has 0 spiro atoms. The van der Waals surface area contributed by atoms with Crippen molar-refractivity contribution in [2.24, 2.45) is 0 Å². The van der Waals surface area contributed by atoms with Gasteiger partial charge in [0.15, 0.2) is 5.82 Å². The number of aromatic nitrogens is 2. The van der Waals surface area contributed by atoms with Crippen LogP contribution in [0.3, 0.4) is 0 Å². The van der Waals surface area contributed by atoms with Crippen LogP contribution < -0.4 is 0 Å². The molecule has 3 aromatic carbocycles. The number of hydrogen-bond acceptors (Lipinski definition) is 2. The van der Waals surface area contributed by atoms with Gasteiger partial charge in [0.2, 0.25) is 0 Å². The molecular weight excluding hydrogens is 385 g/mol. The smallest absolute Gasteiger partial charge is 0.159 e. The van der Waals surface area contributed by atoms with Crippen molar-refractivity contribution in [3.63, 3.8) is 0 Å². The first-order chi connectivity index (χ1) is 14.5. The molecule has 150 valence electrons. The number of halogens is 3. The van der Waals surface area contributed by atoms with Crippen molar-refractivity contribution < 1.29 is 13.2 Å². The summed E-state index contributed by atoms with van der Waals surface area (Å²) >= 11 is 0. The molecule has 30 heavy (non-hydrogen) atoms. The van der Waals surface area contributed by atoms with Gasteiger partial charge in [0.25, 0.3) is 0 Å². The third kappa shape index (κ3) is 4.10. The Morgan fingerprint density at radius 1 is 0.667 bits per heavy atom. The maximum Gasteiger partial charge on any atom is 0.159 e. The highest BCUT2D eigenvalue weighted by atomic mass is 19.1. The molecule has 0 radical (unpaired) electrons. The maximum atomic E-state index is 14.8. The zero-order valence-electron chi connectivity index (χ0n) is 16.4. The van der Waals surface area contributed by atoms with E-state index in [-0.39, 0.29) is 11.6 Å². The SMILES string of the molecule is CCCc1ccc(-c2ccc(-c3cnc(-c4ccc(F)cc4)nc3)c(F)c2)c(F)c1. The molecule has 0 aliphatic rings. The van der Waals surface area contributed by atoms with Crippen LogP contribution >= 0.6 is 0 Å². The second-order valence-electron chi connectivity index (χ2n) is 7.06. The van der Waals surface area contributed by atoms with E-state index in [4.69, 9.17) is 0 Å². The standard InChI is InChI=1S/C25H19F3N2/c1-2-3-16-4-10-21(23(27)12-16)18-7-11-22(24(28)13-18)19-14-29-25(30-15-19)17-5-8-20(26)9-6-17/h4-15H,2-3H2,1H3. The van der Waals surface area contributed by atoms with Crippen molar-refractivity contribution >= 4 is 0 Å². The molecule has 5 heteroatoms. The average molecular weight is 404 g/mol. The Balaban J connectivity index is 1.61. The second-order valence-corrected chi connectivity index (χ2v) is 7.06. The predicted octanol–water partition coefficient (Wildman–Crippen LogP) is 6.85. The molecule has 0 unspecified atom stereocenters. The number of aryl methyl sites for hydroxylation is 1. The van der Waals surface area contributed by atoms with Gasteiger partial charge in [0.05, 0.1) is 0 Å². The second kappa shape index (κ2) is 8.49. The monoisotopic (exact) mass is 404 g/mol. The molecule has 0 atom stereocenters. The largest absolute Gasteiger partial charge is 0.236 e. The molecule has 0 fully saturated rings. The molecule has 0 saturated heterocycles. The lowest BCUT2D eigenvalue weighted by Crippen LogP contribution is -1.93. The lowest BCUT2D eigenvalue weighted by molar-refractivity contribution is 0.625. The summed E-state index contributed by atoms with van der Waals surface area (Å²) in [6, 6.07) is 15.5. The molecule has 1 aromatic heterocycles. The molecule has 0 bridgehead atoms. The fourth-order valence-corrected chi connectivity index (χ4v) is 3.37. The van der Waals surface area contributed by atoms with Crippen LogP contribution in [0.1, 0.15) is 18.9 Å². The molecule has 2 nitrogen and oxygen atoms in total. The summed E-state index contributed by atoms with van der Waals surface area (Å²) in [7, 11) is 0. The van der Waals surface area contributed by atoms with Gasteiger partial charge in [-0.3, -0.25) is 0 Å². The van der Waals surface area contributed by atoms with Crippen LogP contribution in [0, 0.1) is 17.5 Å². The highest BCUT2D eigenvalue weighted by Crippen LogP contribution is 2.30. The minimum atomic E-state index is -0.484. The van der Waals surface area contributed by atoms with E-state index in [0.29, 0.717) is 33.6 Å². The van der Waals surface area contributed by atoms with E-state index >= 15 is 0 Å². The van der Waals surface area contributed by atoms with Gasteiger partial charge in [-0.2, -0.15) is 0 Å². The molecule has 1 heterocycles. The van der Waals surface area contributed by atoms with Gasteiger partial charge < -0.3 is 0 Å². The maximum absolute atomic E-state index is 14.8. The summed E-state index contributed by atoms with van der Waals surface area (Å²) in [5, 5.41) is 0. The van der Waals surface area contributed by atoms with Gasteiger partial charge in [-0.25, -0.2) is 23.1 Å². The summed E-state index contributed by atoms with van der Waals surface area (Å²) < 4.78 is 42.3. The first-order valence-electron chi connectivity index (χ1n) is 9.72. The van der Waals surface area contributed by atoms with Crippen LogP contribution in [0.15, 0.2) is 73.1 Å². The van der Waals surface area contributed by atoms with Crippen LogP contribution in [-0.2, 0) is 6.42 Å². The number of hydrogen-bond donors (Lipinski definition) is 0. The van der Waals surface area contributed by atoms with Crippen molar-refractivity contribution in [1.29, 1.82) is 0 Å². The Morgan fingerprint density at radius 3 is 1.90 bits per heavy atom. The lowest BCUT2D eigenvalue weighted by Gasteiger charge is -2.09. The predicted molar refractivity (Wildman–Crippen MR) is 112 cm³/mol. The van der Waals surface area contributed by atoms with Gasteiger partial charge >= 0.3 is 0 Å². The molecule has 4 aromatic rings. The summed E-state index contributed by atoms with van der Waals surface area (Å²) in [4.78, 5) is 8.52. The summed E-state index contributed by atoms with van der Waals surface area (Å²) in [6.45, 7) is 2.04. The van der Waals surface area contributed by atoms with Gasteiger partial charge in [0.1, 0.15) is 17.5 Å². The first-order valence-corrected chi connectivity index (χ1v) is 9.72. The zero-order chi connectivity index (χ0) is 21.1. The topological polar surface area (TPSA) is 25.8 Å². The minimum Gasteiger partial charge on any atom is -0.236 e. The van der Waals surface area contributed by atoms with Gasteiger partial charge in [-0.15, -0.1) is 0 Å². The van der Waals surface area contributed by atoms with Gasteiger partial charge in [-0.1, -0.05) is 37.6 Å². The van der Waals surface area contributed by atoms with Crippen molar-refractivity contribution in [1.82, 2.24) is 9.97 Å². The number of nitrogens with zero attached hydrogens (tertiary/aromatic N) is 2. The summed E-state index contributed by atoms with van der Waals surface area (Å²) in [6.07, 6.45) is 4.77. The van der Waals surface area contributed by atoms with Crippen molar-refractivity contribution in [3.05, 3.63) is 96.1 Å². The number of rotatable bonds is 5. The third-order valence-electron chi connectivity index (χ3n) is 4.92. The van der Waals surface area contributed by atoms with Crippen molar-refractivity contribution in [2.45, 2.75) is 19.8 Å². The molecular formula is C25H19F3N2. The van der Waals surface area contributed by atoms with Crippen LogP contribution in [0.4, 0.5) is 13.2 Å². The first kappa shape index (κ1) is 19.8. The van der Waals surface area contributed by atoms with Gasteiger partial charge in [-0.05, 0) is 53.9 Å². The molecule has 4 rings (SSSR count).